The van der Waals surface area contributed by atoms with E-state index in [1.165, 1.54) is 4.90 Å². The monoisotopic (exact) mass is 417 g/mol. The van der Waals surface area contributed by atoms with Crippen LogP contribution in [0.4, 0.5) is 5.69 Å². The number of anilines is 1. The lowest BCUT2D eigenvalue weighted by Crippen LogP contribution is -2.36. The first-order chi connectivity index (χ1) is 14.1. The second-order valence-electron chi connectivity index (χ2n) is 6.66. The molecule has 0 aliphatic carbocycles. The van der Waals surface area contributed by atoms with Crippen LogP contribution >= 0.6 is 11.6 Å². The fourth-order valence-electron chi connectivity index (χ4n) is 3.20. The third kappa shape index (κ3) is 4.40. The average molecular weight is 418 g/mol. The van der Waals surface area contributed by atoms with E-state index in [4.69, 9.17) is 30.5 Å². The fourth-order valence-corrected chi connectivity index (χ4v) is 3.49. The minimum atomic E-state index is -0.529. The summed E-state index contributed by atoms with van der Waals surface area (Å²) in [5.41, 5.74) is 1.24. The van der Waals surface area contributed by atoms with Gasteiger partial charge in [-0.1, -0.05) is 23.7 Å². The Balaban J connectivity index is 1.43. The van der Waals surface area contributed by atoms with Crippen molar-refractivity contribution >= 4 is 29.2 Å². The van der Waals surface area contributed by atoms with Crippen molar-refractivity contribution in [2.45, 2.75) is 19.4 Å². The lowest BCUT2D eigenvalue weighted by Gasteiger charge is -2.21. The quantitative estimate of drug-likeness (QED) is 0.710. The predicted octanol–water partition coefficient (Wildman–Crippen LogP) is 3.36. The van der Waals surface area contributed by atoms with E-state index in [9.17, 15) is 9.59 Å². The molecule has 0 aromatic heterocycles. The molecular formula is C21H20ClNO6. The molecule has 0 saturated heterocycles. The molecule has 0 N–H and O–H groups in total. The summed E-state index contributed by atoms with van der Waals surface area (Å²) in [6.45, 7) is 1.16. The van der Waals surface area contributed by atoms with E-state index in [2.05, 4.69) is 0 Å². The summed E-state index contributed by atoms with van der Waals surface area (Å²) < 4.78 is 22.2. The van der Waals surface area contributed by atoms with Gasteiger partial charge in [0.2, 0.25) is 5.91 Å². The van der Waals surface area contributed by atoms with Gasteiger partial charge in [-0.2, -0.15) is 0 Å². The largest absolute Gasteiger partial charge is 0.491 e. The highest BCUT2D eigenvalue weighted by atomic mass is 35.5. The topological polar surface area (TPSA) is 74.3 Å². The van der Waals surface area contributed by atoms with Crippen molar-refractivity contribution in [1.82, 2.24) is 0 Å². The van der Waals surface area contributed by atoms with Crippen LogP contribution in [0.25, 0.3) is 0 Å². The molecular weight excluding hydrogens is 398 g/mol. The Bertz CT molecular complexity index is 931. The summed E-state index contributed by atoms with van der Waals surface area (Å²) in [7, 11) is 0. The molecule has 0 radical (unpaired) electrons. The summed E-state index contributed by atoms with van der Waals surface area (Å²) >= 11 is 6.27. The number of amides is 1. The second-order valence-corrected chi connectivity index (χ2v) is 7.07. The lowest BCUT2D eigenvalue weighted by molar-refractivity contribution is -0.144. The van der Waals surface area contributed by atoms with Crippen molar-refractivity contribution in [2.24, 2.45) is 0 Å². The van der Waals surface area contributed by atoms with Crippen LogP contribution < -0.4 is 19.1 Å². The van der Waals surface area contributed by atoms with Gasteiger partial charge in [0.15, 0.2) is 11.5 Å². The Hall–Kier alpha value is -2.93. The maximum atomic E-state index is 12.4. The summed E-state index contributed by atoms with van der Waals surface area (Å²) in [6, 6.07) is 10.6. The smallest absolute Gasteiger partial charge is 0.326 e. The Kier molecular flexibility index (Phi) is 5.76. The van der Waals surface area contributed by atoms with Gasteiger partial charge >= 0.3 is 5.97 Å². The highest BCUT2D eigenvalue weighted by Crippen LogP contribution is 2.38. The number of carbonyl (C=O) groups excluding carboxylic acids is 2. The van der Waals surface area contributed by atoms with Crippen molar-refractivity contribution in [1.29, 1.82) is 0 Å². The number of hydrogen-bond donors (Lipinski definition) is 0. The molecule has 0 unspecified atom stereocenters. The van der Waals surface area contributed by atoms with Gasteiger partial charge in [-0.25, -0.2) is 0 Å². The van der Waals surface area contributed by atoms with Crippen molar-refractivity contribution < 1.29 is 28.5 Å². The second kappa shape index (κ2) is 8.61. The van der Waals surface area contributed by atoms with Gasteiger partial charge < -0.3 is 18.9 Å². The Morgan fingerprint density at radius 3 is 2.76 bits per heavy atom. The number of carbonyl (C=O) groups is 2. The highest BCUT2D eigenvalue weighted by Gasteiger charge is 2.25. The molecule has 2 aromatic carbocycles. The fraction of sp³-hybridized carbons (Fsp3) is 0.333. The van der Waals surface area contributed by atoms with Gasteiger partial charge in [0.1, 0.15) is 18.9 Å². The third-order valence-electron chi connectivity index (χ3n) is 4.58. The molecule has 2 aliphatic rings. The maximum absolute atomic E-state index is 12.4. The number of fused-ring (bicyclic) bond motifs is 2. The van der Waals surface area contributed by atoms with Crippen molar-refractivity contribution in [2.75, 3.05) is 31.3 Å². The van der Waals surface area contributed by atoms with Crippen LogP contribution in [0, 0.1) is 0 Å². The lowest BCUT2D eigenvalue weighted by atomic mass is 10.2. The van der Waals surface area contributed by atoms with Crippen LogP contribution in [0.2, 0.25) is 5.02 Å². The van der Waals surface area contributed by atoms with Gasteiger partial charge in [-0.15, -0.1) is 0 Å². The van der Waals surface area contributed by atoms with Gasteiger partial charge in [-0.05, 0) is 29.8 Å². The van der Waals surface area contributed by atoms with Crippen LogP contribution in [0.5, 0.6) is 17.2 Å². The van der Waals surface area contributed by atoms with E-state index in [0.717, 1.165) is 6.42 Å². The molecule has 2 aliphatic heterocycles. The first kappa shape index (κ1) is 19.4. The molecule has 8 heteroatoms. The number of hydrogen-bond acceptors (Lipinski definition) is 6. The first-order valence-corrected chi connectivity index (χ1v) is 9.75. The minimum Gasteiger partial charge on any atom is -0.491 e. The van der Waals surface area contributed by atoms with E-state index in [-0.39, 0.29) is 32.1 Å². The number of rotatable bonds is 4. The molecule has 2 heterocycles. The molecule has 2 aromatic rings. The van der Waals surface area contributed by atoms with Crippen LogP contribution in [0.15, 0.2) is 36.4 Å². The van der Waals surface area contributed by atoms with Gasteiger partial charge in [0.05, 0.1) is 37.0 Å². The van der Waals surface area contributed by atoms with Gasteiger partial charge in [-0.3, -0.25) is 14.5 Å². The van der Waals surface area contributed by atoms with Gasteiger partial charge in [0, 0.05) is 6.42 Å². The molecule has 0 spiro atoms. The molecule has 1 amide bonds. The number of para-hydroxylation sites is 2. The zero-order chi connectivity index (χ0) is 20.2. The maximum Gasteiger partial charge on any atom is 0.326 e. The molecule has 0 atom stereocenters. The molecule has 0 bridgehead atoms. The zero-order valence-electron chi connectivity index (χ0n) is 15.7. The van der Waals surface area contributed by atoms with Crippen LogP contribution in [0.1, 0.15) is 18.4 Å². The first-order valence-electron chi connectivity index (χ1n) is 9.37. The highest BCUT2D eigenvalue weighted by molar-refractivity contribution is 6.32. The Labute approximate surface area is 173 Å². The number of halogens is 1. The van der Waals surface area contributed by atoms with Gasteiger partial charge in [0.25, 0.3) is 0 Å². The minimum absolute atomic E-state index is 0.00930. The Morgan fingerprint density at radius 2 is 1.86 bits per heavy atom. The third-order valence-corrected chi connectivity index (χ3v) is 4.86. The summed E-state index contributed by atoms with van der Waals surface area (Å²) in [5, 5.41) is 0.407. The molecule has 152 valence electrons. The molecule has 0 saturated carbocycles. The molecule has 7 nitrogen and oxygen atoms in total. The van der Waals surface area contributed by atoms with Crippen molar-refractivity contribution in [3.8, 4) is 17.2 Å². The number of nitrogens with zero attached hydrogens (tertiary/aromatic N) is 1. The van der Waals surface area contributed by atoms with Crippen LogP contribution in [-0.2, 0) is 20.9 Å². The zero-order valence-corrected chi connectivity index (χ0v) is 16.4. The summed E-state index contributed by atoms with van der Waals surface area (Å²) in [6.07, 6.45) is 0.962. The SMILES string of the molecule is O=C(CN1C(=O)CCOc2ccccc21)OCc1cc(Cl)c2c(c1)OCCCO2. The number of ether oxygens (including phenoxy) is 4. The van der Waals surface area contributed by atoms with Crippen LogP contribution in [0.3, 0.4) is 0 Å². The predicted molar refractivity (Wildman–Crippen MR) is 106 cm³/mol. The van der Waals surface area contributed by atoms with E-state index >= 15 is 0 Å². The van der Waals surface area contributed by atoms with E-state index in [0.29, 0.717) is 46.7 Å². The number of esters is 1. The standard InChI is InChI=1S/C21H20ClNO6/c22-15-10-14(11-18-21(15)28-8-3-7-26-18)13-29-20(25)12-23-16-4-1-2-5-17(16)27-9-6-19(23)24/h1-2,4-5,10-11H,3,6-9,12-13H2. The summed E-state index contributed by atoms with van der Waals surface area (Å²) in [4.78, 5) is 26.2. The van der Waals surface area contributed by atoms with E-state index in [1.54, 1.807) is 30.3 Å². The number of benzene rings is 2. The van der Waals surface area contributed by atoms with Crippen molar-refractivity contribution in [3.63, 3.8) is 0 Å². The summed E-state index contributed by atoms with van der Waals surface area (Å²) in [5.74, 6) is 0.894. The average Bonchev–Trinajstić information content (AvgIpc) is 3.04. The normalized spacial score (nSPS) is 15.6. The molecule has 29 heavy (non-hydrogen) atoms. The van der Waals surface area contributed by atoms with E-state index in [1.807, 2.05) is 6.07 Å². The van der Waals surface area contributed by atoms with Crippen molar-refractivity contribution in [3.05, 3.63) is 47.0 Å². The Morgan fingerprint density at radius 1 is 1.07 bits per heavy atom. The van der Waals surface area contributed by atoms with E-state index < -0.39 is 5.97 Å². The molecule has 0 fully saturated rings. The molecule has 4 rings (SSSR count). The van der Waals surface area contributed by atoms with Crippen LogP contribution in [-0.4, -0.2) is 38.2 Å².